The van der Waals surface area contributed by atoms with E-state index in [1.807, 2.05) is 18.2 Å². The lowest BCUT2D eigenvalue weighted by atomic mass is 10.2. The largest absolute Gasteiger partial charge is 0.493 e. The van der Waals surface area contributed by atoms with Crippen molar-refractivity contribution in [2.75, 3.05) is 13.7 Å². The minimum absolute atomic E-state index is 0. The molecule has 0 saturated heterocycles. The Bertz CT molecular complexity index is 713. The zero-order valence-corrected chi connectivity index (χ0v) is 18.7. The van der Waals surface area contributed by atoms with Gasteiger partial charge < -0.3 is 14.8 Å². The van der Waals surface area contributed by atoms with Gasteiger partial charge in [0, 0.05) is 22.2 Å². The van der Waals surface area contributed by atoms with Crippen LogP contribution in [0.15, 0.2) is 34.8 Å². The molecule has 144 valence electrons. The summed E-state index contributed by atoms with van der Waals surface area (Å²) in [5, 5.41) is 4.61. The molecule has 0 bridgehead atoms. The van der Waals surface area contributed by atoms with E-state index in [0.29, 0.717) is 28.2 Å². The van der Waals surface area contributed by atoms with Crippen molar-refractivity contribution in [2.45, 2.75) is 32.9 Å². The van der Waals surface area contributed by atoms with Crippen LogP contribution in [0.2, 0.25) is 10.0 Å². The number of unbranched alkanes of at least 4 members (excludes halogenated alkanes) is 1. The average Bonchev–Trinajstić information content (AvgIpc) is 2.58. The van der Waals surface area contributed by atoms with Crippen LogP contribution in [-0.4, -0.2) is 13.7 Å². The Morgan fingerprint density at radius 2 is 1.92 bits per heavy atom. The number of benzene rings is 2. The van der Waals surface area contributed by atoms with E-state index in [1.54, 1.807) is 19.2 Å². The Hall–Kier alpha value is -0.650. The van der Waals surface area contributed by atoms with E-state index in [9.17, 15) is 0 Å². The molecule has 26 heavy (non-hydrogen) atoms. The summed E-state index contributed by atoms with van der Waals surface area (Å²) in [6.45, 7) is 4.31. The van der Waals surface area contributed by atoms with E-state index in [2.05, 4.69) is 28.2 Å². The predicted octanol–water partition coefficient (Wildman–Crippen LogP) is 6.66. The second-order valence-corrected chi connectivity index (χ2v) is 7.36. The molecular weight excluding hydrogens is 460 g/mol. The molecule has 0 atom stereocenters. The van der Waals surface area contributed by atoms with Crippen molar-refractivity contribution in [1.82, 2.24) is 5.32 Å². The lowest BCUT2D eigenvalue weighted by molar-refractivity contribution is 0.282. The van der Waals surface area contributed by atoms with E-state index in [1.165, 1.54) is 12.8 Å². The number of hydrogen-bond donors (Lipinski definition) is 1. The fourth-order valence-corrected chi connectivity index (χ4v) is 3.41. The summed E-state index contributed by atoms with van der Waals surface area (Å²) in [4.78, 5) is 0. The number of methoxy groups -OCH3 is 1. The van der Waals surface area contributed by atoms with Gasteiger partial charge in [-0.3, -0.25) is 0 Å². The smallest absolute Gasteiger partial charge is 0.175 e. The van der Waals surface area contributed by atoms with Gasteiger partial charge in [-0.25, -0.2) is 0 Å². The highest BCUT2D eigenvalue weighted by atomic mass is 79.9. The third kappa shape index (κ3) is 6.82. The van der Waals surface area contributed by atoms with Gasteiger partial charge in [-0.05, 0) is 58.7 Å². The summed E-state index contributed by atoms with van der Waals surface area (Å²) in [7, 11) is 1.64. The Morgan fingerprint density at radius 3 is 2.58 bits per heavy atom. The number of nitrogens with one attached hydrogen (secondary N) is 1. The third-order valence-electron chi connectivity index (χ3n) is 3.71. The van der Waals surface area contributed by atoms with Gasteiger partial charge in [0.25, 0.3) is 0 Å². The first kappa shape index (κ1) is 23.4. The van der Waals surface area contributed by atoms with Crippen LogP contribution >= 0.6 is 51.5 Å². The van der Waals surface area contributed by atoms with Gasteiger partial charge >= 0.3 is 0 Å². The molecule has 0 amide bonds. The van der Waals surface area contributed by atoms with E-state index in [4.69, 9.17) is 32.7 Å². The van der Waals surface area contributed by atoms with Crippen LogP contribution in [0.25, 0.3) is 0 Å². The van der Waals surface area contributed by atoms with Crippen molar-refractivity contribution in [3.63, 3.8) is 0 Å². The summed E-state index contributed by atoms with van der Waals surface area (Å²) in [6, 6.07) is 9.39. The van der Waals surface area contributed by atoms with E-state index in [0.717, 1.165) is 28.7 Å². The quantitative estimate of drug-likeness (QED) is 0.405. The minimum Gasteiger partial charge on any atom is -0.493 e. The fourth-order valence-electron chi connectivity index (χ4n) is 2.34. The molecule has 0 heterocycles. The van der Waals surface area contributed by atoms with Gasteiger partial charge in [0.1, 0.15) is 6.61 Å². The number of ether oxygens (including phenoxy) is 2. The normalized spacial score (nSPS) is 10.3. The van der Waals surface area contributed by atoms with Crippen LogP contribution in [-0.2, 0) is 13.2 Å². The topological polar surface area (TPSA) is 30.5 Å². The molecule has 0 fully saturated rings. The Kier molecular flexibility index (Phi) is 10.7. The minimum atomic E-state index is 0. The van der Waals surface area contributed by atoms with Gasteiger partial charge in [-0.1, -0.05) is 42.6 Å². The Balaban J connectivity index is 0.00000338. The zero-order valence-electron chi connectivity index (χ0n) is 14.8. The van der Waals surface area contributed by atoms with Crippen LogP contribution in [0.5, 0.6) is 11.5 Å². The number of hydrogen-bond acceptors (Lipinski definition) is 3. The first-order valence-electron chi connectivity index (χ1n) is 8.19. The Labute approximate surface area is 179 Å². The van der Waals surface area contributed by atoms with Crippen molar-refractivity contribution < 1.29 is 9.47 Å². The maximum Gasteiger partial charge on any atom is 0.175 e. The maximum atomic E-state index is 6.20. The monoisotopic (exact) mass is 481 g/mol. The lowest BCUT2D eigenvalue weighted by Gasteiger charge is -2.15. The second-order valence-electron chi connectivity index (χ2n) is 5.66. The van der Waals surface area contributed by atoms with Crippen LogP contribution in [0.3, 0.4) is 0 Å². The van der Waals surface area contributed by atoms with Crippen LogP contribution in [0, 0.1) is 0 Å². The number of rotatable bonds is 9. The van der Waals surface area contributed by atoms with Gasteiger partial charge in [0.2, 0.25) is 0 Å². The number of halogens is 4. The molecular formula is C19H23BrCl3NO2. The summed E-state index contributed by atoms with van der Waals surface area (Å²) in [5.41, 5.74) is 2.00. The highest BCUT2D eigenvalue weighted by molar-refractivity contribution is 9.10. The first-order chi connectivity index (χ1) is 12.0. The van der Waals surface area contributed by atoms with Crippen molar-refractivity contribution in [3.8, 4) is 11.5 Å². The molecule has 0 aliphatic heterocycles. The lowest BCUT2D eigenvalue weighted by Crippen LogP contribution is -2.14. The molecule has 0 spiro atoms. The summed E-state index contributed by atoms with van der Waals surface area (Å²) < 4.78 is 12.3. The molecule has 0 radical (unpaired) electrons. The van der Waals surface area contributed by atoms with Crippen molar-refractivity contribution >= 4 is 51.5 Å². The molecule has 0 unspecified atom stereocenters. The SMILES string of the molecule is CCCCNCc1cc(Br)c(OCc2ccc(Cl)cc2Cl)c(OC)c1.Cl. The zero-order chi connectivity index (χ0) is 18.2. The molecule has 3 nitrogen and oxygen atoms in total. The molecule has 0 aliphatic rings. The Morgan fingerprint density at radius 1 is 1.15 bits per heavy atom. The highest BCUT2D eigenvalue weighted by Gasteiger charge is 2.13. The maximum absolute atomic E-state index is 6.20. The average molecular weight is 484 g/mol. The molecule has 1 N–H and O–H groups in total. The molecule has 0 aromatic heterocycles. The third-order valence-corrected chi connectivity index (χ3v) is 4.89. The molecule has 0 saturated carbocycles. The predicted molar refractivity (Wildman–Crippen MR) is 115 cm³/mol. The summed E-state index contributed by atoms with van der Waals surface area (Å²) in [6.07, 6.45) is 2.35. The second kappa shape index (κ2) is 11.9. The molecule has 7 heteroatoms. The van der Waals surface area contributed by atoms with Crippen molar-refractivity contribution in [3.05, 3.63) is 56.0 Å². The van der Waals surface area contributed by atoms with Gasteiger partial charge in [-0.15, -0.1) is 12.4 Å². The van der Waals surface area contributed by atoms with Gasteiger partial charge in [0.15, 0.2) is 11.5 Å². The van der Waals surface area contributed by atoms with E-state index >= 15 is 0 Å². The van der Waals surface area contributed by atoms with Gasteiger partial charge in [0.05, 0.1) is 11.6 Å². The van der Waals surface area contributed by atoms with E-state index in [-0.39, 0.29) is 12.4 Å². The molecule has 2 rings (SSSR count). The van der Waals surface area contributed by atoms with Gasteiger partial charge in [-0.2, -0.15) is 0 Å². The van der Waals surface area contributed by atoms with Crippen LogP contribution in [0.4, 0.5) is 0 Å². The summed E-state index contributed by atoms with van der Waals surface area (Å²) in [5.74, 6) is 1.34. The first-order valence-corrected chi connectivity index (χ1v) is 9.74. The standard InChI is InChI=1S/C19H22BrCl2NO2.ClH/c1-3-4-7-23-11-13-8-16(20)19(18(9-13)24-2)25-12-14-5-6-15(21)10-17(14)22;/h5-6,8-10,23H,3-4,7,11-12H2,1-2H3;1H. The highest BCUT2D eigenvalue weighted by Crippen LogP contribution is 2.37. The van der Waals surface area contributed by atoms with E-state index < -0.39 is 0 Å². The summed E-state index contributed by atoms with van der Waals surface area (Å²) >= 11 is 15.7. The molecule has 0 aliphatic carbocycles. The molecule has 2 aromatic carbocycles. The van der Waals surface area contributed by atoms with Crippen molar-refractivity contribution in [2.24, 2.45) is 0 Å². The molecule has 2 aromatic rings. The van der Waals surface area contributed by atoms with Crippen LogP contribution in [0.1, 0.15) is 30.9 Å². The van der Waals surface area contributed by atoms with Crippen LogP contribution < -0.4 is 14.8 Å². The van der Waals surface area contributed by atoms with Crippen molar-refractivity contribution in [1.29, 1.82) is 0 Å². The fraction of sp³-hybridized carbons (Fsp3) is 0.368.